The van der Waals surface area contributed by atoms with Gasteiger partial charge >= 0.3 is 0 Å². The molecule has 2 amide bonds. The minimum atomic E-state index is 0. The summed E-state index contributed by atoms with van der Waals surface area (Å²) in [6.07, 6.45) is 0.557. The summed E-state index contributed by atoms with van der Waals surface area (Å²) in [5.41, 5.74) is 0.627. The van der Waals surface area contributed by atoms with Crippen molar-refractivity contribution in [3.8, 4) is 5.75 Å². The van der Waals surface area contributed by atoms with E-state index >= 15 is 0 Å². The van der Waals surface area contributed by atoms with Gasteiger partial charge in [0.25, 0.3) is 5.91 Å². The maximum Gasteiger partial charge on any atom is 0.257 e. The molecule has 0 aromatic heterocycles. The van der Waals surface area contributed by atoms with Crippen LogP contribution in [0.25, 0.3) is 0 Å². The maximum absolute atomic E-state index is 12.8. The third-order valence-corrected chi connectivity index (χ3v) is 5.19. The molecule has 2 heterocycles. The first-order valence-electron chi connectivity index (χ1n) is 9.91. The van der Waals surface area contributed by atoms with Crippen molar-refractivity contribution in [2.45, 2.75) is 13.3 Å². The van der Waals surface area contributed by atoms with Crippen LogP contribution in [0.15, 0.2) is 24.3 Å². The minimum Gasteiger partial charge on any atom is -0.493 e. The molecule has 156 valence electrons. The zero-order valence-corrected chi connectivity index (χ0v) is 17.4. The van der Waals surface area contributed by atoms with Crippen molar-refractivity contribution in [2.75, 3.05) is 65.5 Å². The number of nitrogens with zero attached hydrogens (tertiary/aromatic N) is 3. The molecule has 3 rings (SSSR count). The number of nitrogens with one attached hydrogen (secondary N) is 1. The molecule has 0 atom stereocenters. The van der Waals surface area contributed by atoms with Crippen LogP contribution in [0.5, 0.6) is 5.75 Å². The molecule has 1 aromatic carbocycles. The van der Waals surface area contributed by atoms with Gasteiger partial charge in [-0.15, -0.1) is 12.4 Å². The zero-order chi connectivity index (χ0) is 19.1. The van der Waals surface area contributed by atoms with Crippen molar-refractivity contribution in [3.05, 3.63) is 29.8 Å². The van der Waals surface area contributed by atoms with E-state index in [4.69, 9.17) is 4.74 Å². The lowest BCUT2D eigenvalue weighted by molar-refractivity contribution is -0.132. The van der Waals surface area contributed by atoms with E-state index in [9.17, 15) is 9.59 Å². The van der Waals surface area contributed by atoms with Gasteiger partial charge in [0.15, 0.2) is 0 Å². The van der Waals surface area contributed by atoms with E-state index in [2.05, 4.69) is 10.2 Å². The number of carbonyl (C=O) groups excluding carboxylic acids is 2. The Morgan fingerprint density at radius 2 is 1.68 bits per heavy atom. The van der Waals surface area contributed by atoms with E-state index in [1.165, 1.54) is 0 Å². The van der Waals surface area contributed by atoms with Crippen molar-refractivity contribution in [1.29, 1.82) is 0 Å². The van der Waals surface area contributed by atoms with Crippen LogP contribution < -0.4 is 10.1 Å². The Morgan fingerprint density at radius 1 is 1.00 bits per heavy atom. The number of ether oxygens (including phenoxy) is 1. The Balaban J connectivity index is 0.00000280. The van der Waals surface area contributed by atoms with Gasteiger partial charge in [0.1, 0.15) is 5.75 Å². The molecule has 2 fully saturated rings. The topological polar surface area (TPSA) is 65.1 Å². The minimum absolute atomic E-state index is 0. The average molecular weight is 411 g/mol. The van der Waals surface area contributed by atoms with Gasteiger partial charge in [-0.25, -0.2) is 0 Å². The number of halogens is 1. The molecule has 28 heavy (non-hydrogen) atoms. The summed E-state index contributed by atoms with van der Waals surface area (Å²) in [6.45, 7) is 9.57. The Hall–Kier alpha value is -1.83. The van der Waals surface area contributed by atoms with Gasteiger partial charge in [0.05, 0.1) is 12.2 Å². The highest BCUT2D eigenvalue weighted by Crippen LogP contribution is 2.20. The van der Waals surface area contributed by atoms with E-state index in [1.54, 1.807) is 0 Å². The second kappa shape index (κ2) is 11.2. The molecule has 1 N–H and O–H groups in total. The number of benzene rings is 1. The summed E-state index contributed by atoms with van der Waals surface area (Å²) in [6, 6.07) is 7.42. The number of hydrogen-bond donors (Lipinski definition) is 1. The third kappa shape index (κ3) is 5.83. The van der Waals surface area contributed by atoms with Crippen LogP contribution in [0, 0.1) is 0 Å². The molecule has 8 heteroatoms. The first-order valence-corrected chi connectivity index (χ1v) is 9.91. The van der Waals surface area contributed by atoms with Gasteiger partial charge in [-0.05, 0) is 19.1 Å². The van der Waals surface area contributed by atoms with E-state index in [0.717, 1.165) is 45.8 Å². The van der Waals surface area contributed by atoms with Gasteiger partial charge in [0, 0.05) is 65.3 Å². The fourth-order valence-electron chi connectivity index (χ4n) is 3.60. The van der Waals surface area contributed by atoms with Gasteiger partial charge in [0.2, 0.25) is 5.91 Å². The highest BCUT2D eigenvalue weighted by atomic mass is 35.5. The first-order chi connectivity index (χ1) is 13.2. The fraction of sp³-hybridized carbons (Fsp3) is 0.600. The lowest BCUT2D eigenvalue weighted by Crippen LogP contribution is -2.50. The molecular formula is C20H31ClN4O3. The Labute approximate surface area is 173 Å². The monoisotopic (exact) mass is 410 g/mol. The normalized spacial score (nSPS) is 17.8. The van der Waals surface area contributed by atoms with Crippen molar-refractivity contribution >= 4 is 24.2 Å². The highest BCUT2D eigenvalue weighted by molar-refractivity contribution is 5.97. The number of carbonyl (C=O) groups is 2. The average Bonchev–Trinajstić information content (AvgIpc) is 2.73. The first kappa shape index (κ1) is 22.5. The van der Waals surface area contributed by atoms with Crippen molar-refractivity contribution in [3.63, 3.8) is 0 Å². The zero-order valence-electron chi connectivity index (χ0n) is 16.6. The molecule has 0 aliphatic carbocycles. The van der Waals surface area contributed by atoms with E-state index in [-0.39, 0.29) is 24.2 Å². The Bertz CT molecular complexity index is 644. The van der Waals surface area contributed by atoms with Crippen molar-refractivity contribution < 1.29 is 14.3 Å². The molecule has 2 aliphatic heterocycles. The molecule has 0 spiro atoms. The van der Waals surface area contributed by atoms with Crippen LogP contribution >= 0.6 is 12.4 Å². The molecule has 0 bridgehead atoms. The summed E-state index contributed by atoms with van der Waals surface area (Å²) in [5.74, 6) is 0.908. The quantitative estimate of drug-likeness (QED) is 0.760. The van der Waals surface area contributed by atoms with Gasteiger partial charge in [-0.1, -0.05) is 12.1 Å². The summed E-state index contributed by atoms with van der Waals surface area (Å²) in [4.78, 5) is 31.2. The molecule has 0 unspecified atom stereocenters. The molecule has 7 nitrogen and oxygen atoms in total. The van der Waals surface area contributed by atoms with Crippen LogP contribution in [-0.4, -0.2) is 92.0 Å². The SMILES string of the molecule is CCOc1ccccc1C(=O)N1CCN(CCC(=O)N2CCNCC2)CC1.Cl. The highest BCUT2D eigenvalue weighted by Gasteiger charge is 2.25. The molecule has 0 saturated carbocycles. The lowest BCUT2D eigenvalue weighted by atomic mass is 10.1. The number of amides is 2. The molecule has 2 saturated heterocycles. The van der Waals surface area contributed by atoms with Gasteiger partial charge in [-0.2, -0.15) is 0 Å². The number of rotatable bonds is 6. The molecule has 2 aliphatic rings. The van der Waals surface area contributed by atoms with Crippen LogP contribution in [0.4, 0.5) is 0 Å². The number of piperazine rings is 2. The summed E-state index contributed by atoms with van der Waals surface area (Å²) in [7, 11) is 0. The van der Waals surface area contributed by atoms with E-state index < -0.39 is 0 Å². The Morgan fingerprint density at radius 3 is 2.36 bits per heavy atom. The predicted molar refractivity (Wildman–Crippen MR) is 111 cm³/mol. The van der Waals surface area contributed by atoms with Crippen LogP contribution in [0.2, 0.25) is 0 Å². The van der Waals surface area contributed by atoms with Gasteiger partial charge < -0.3 is 19.9 Å². The molecule has 1 aromatic rings. The van der Waals surface area contributed by atoms with Gasteiger partial charge in [-0.3, -0.25) is 14.5 Å². The Kier molecular flexibility index (Phi) is 9.02. The maximum atomic E-state index is 12.8. The summed E-state index contributed by atoms with van der Waals surface area (Å²) in [5, 5.41) is 3.27. The van der Waals surface area contributed by atoms with E-state index in [0.29, 0.717) is 37.4 Å². The summed E-state index contributed by atoms with van der Waals surface area (Å²) < 4.78 is 5.59. The fourth-order valence-corrected chi connectivity index (χ4v) is 3.60. The summed E-state index contributed by atoms with van der Waals surface area (Å²) >= 11 is 0. The second-order valence-electron chi connectivity index (χ2n) is 6.94. The van der Waals surface area contributed by atoms with Crippen LogP contribution in [0.1, 0.15) is 23.7 Å². The largest absolute Gasteiger partial charge is 0.493 e. The van der Waals surface area contributed by atoms with Crippen molar-refractivity contribution in [1.82, 2.24) is 20.0 Å². The third-order valence-electron chi connectivity index (χ3n) is 5.19. The number of para-hydroxylation sites is 1. The standard InChI is InChI=1S/C20H30N4O3.ClH/c1-2-27-18-6-4-3-5-17(18)20(26)24-15-13-22(14-16-24)10-7-19(25)23-11-8-21-9-12-23;/h3-6,21H,2,7-16H2,1H3;1H. The molecule has 0 radical (unpaired) electrons. The van der Waals surface area contributed by atoms with Crippen LogP contribution in [-0.2, 0) is 4.79 Å². The van der Waals surface area contributed by atoms with E-state index in [1.807, 2.05) is 41.0 Å². The molecular weight excluding hydrogens is 380 g/mol. The lowest BCUT2D eigenvalue weighted by Gasteiger charge is -2.35. The second-order valence-corrected chi connectivity index (χ2v) is 6.94. The van der Waals surface area contributed by atoms with Crippen molar-refractivity contribution in [2.24, 2.45) is 0 Å². The predicted octanol–water partition coefficient (Wildman–Crippen LogP) is 1.09. The number of hydrogen-bond acceptors (Lipinski definition) is 5. The van der Waals surface area contributed by atoms with Crippen LogP contribution in [0.3, 0.4) is 0 Å². The smallest absolute Gasteiger partial charge is 0.257 e.